The van der Waals surface area contributed by atoms with E-state index in [1.807, 2.05) is 41.3 Å². The Morgan fingerprint density at radius 1 is 0.934 bits per heavy atom. The molecule has 0 aliphatic carbocycles. The van der Waals surface area contributed by atoms with E-state index in [1.165, 1.54) is 23.6 Å². The highest BCUT2D eigenvalue weighted by Gasteiger charge is 2.30. The quantitative estimate of drug-likeness (QED) is 0.130. The molecule has 3 saturated heterocycles. The summed E-state index contributed by atoms with van der Waals surface area (Å²) >= 11 is 1.32. The topological polar surface area (TPSA) is 197 Å². The number of nitrogens with zero attached hydrogens (tertiary/aromatic N) is 7. The molecular weight excluding hydrogens is 820 g/mol. The number of nitrogen functional groups attached to an aromatic ring is 1. The molecule has 1 atom stereocenters. The Bertz CT molecular complexity index is 2520. The maximum Gasteiger partial charge on any atom is 0.234 e. The van der Waals surface area contributed by atoms with Gasteiger partial charge in [0.15, 0.2) is 5.82 Å². The zero-order chi connectivity index (χ0) is 42.7. The molecule has 3 amide bonds. The Morgan fingerprint density at radius 2 is 1.70 bits per heavy atom. The second-order valence-electron chi connectivity index (χ2n) is 15.6. The zero-order valence-corrected chi connectivity index (χ0v) is 35.4. The normalized spacial score (nSPS) is 17.7. The number of piperidine rings is 2. The van der Waals surface area contributed by atoms with Gasteiger partial charge in [-0.15, -0.1) is 11.3 Å². The Labute approximate surface area is 357 Å². The molecular formula is C43H47FN10O5S2. The second-order valence-corrected chi connectivity index (χ2v) is 18.4. The van der Waals surface area contributed by atoms with E-state index in [2.05, 4.69) is 34.8 Å². The molecule has 0 radical (unpaired) electrons. The minimum absolute atomic E-state index is 0.0544. The van der Waals surface area contributed by atoms with Crippen LogP contribution in [-0.4, -0.2) is 96.0 Å². The van der Waals surface area contributed by atoms with Gasteiger partial charge in [-0.2, -0.15) is 0 Å². The monoisotopic (exact) mass is 866 g/mol. The minimum atomic E-state index is -3.74. The second kappa shape index (κ2) is 17.9. The maximum atomic E-state index is 16.0. The predicted octanol–water partition coefficient (Wildman–Crippen LogP) is 5.68. The van der Waals surface area contributed by atoms with E-state index in [0.717, 1.165) is 48.6 Å². The van der Waals surface area contributed by atoms with Gasteiger partial charge >= 0.3 is 0 Å². The SMILES string of the molecule is CCCS(=O)(=O)Nc1cccc(-c2nc(-c3ccc(N4CCN(C(=O)CC5CCN(c6ccc([C@H]7CCC(=O)NC7=O)cn6)CC5)CC4)cc3)sc2-c2ccnc(N)n2)c1F. The summed E-state index contributed by atoms with van der Waals surface area (Å²) in [6, 6.07) is 18.0. The predicted molar refractivity (Wildman–Crippen MR) is 234 cm³/mol. The van der Waals surface area contributed by atoms with Crippen molar-refractivity contribution >= 4 is 62.2 Å². The van der Waals surface area contributed by atoms with Gasteiger partial charge in [0.25, 0.3) is 0 Å². The van der Waals surface area contributed by atoms with Crippen molar-refractivity contribution in [3.8, 4) is 32.4 Å². The number of hydrogen-bond donors (Lipinski definition) is 3. The Kier molecular flexibility index (Phi) is 12.3. The summed E-state index contributed by atoms with van der Waals surface area (Å²) < 4.78 is 43.4. The molecule has 2 aromatic carbocycles. The number of hydrogen-bond acceptors (Lipinski definition) is 13. The van der Waals surface area contributed by atoms with Gasteiger partial charge in [-0.05, 0) is 85.7 Å². The molecule has 3 fully saturated rings. The molecule has 0 bridgehead atoms. The number of piperazine rings is 1. The van der Waals surface area contributed by atoms with Crippen LogP contribution in [0.2, 0.25) is 0 Å². The molecule has 61 heavy (non-hydrogen) atoms. The van der Waals surface area contributed by atoms with Gasteiger partial charge in [0.1, 0.15) is 10.8 Å². The van der Waals surface area contributed by atoms with Gasteiger partial charge in [-0.3, -0.25) is 24.4 Å². The molecule has 8 rings (SSSR count). The molecule has 3 aliphatic heterocycles. The molecule has 6 heterocycles. The number of nitrogens with one attached hydrogen (secondary N) is 2. The first-order valence-electron chi connectivity index (χ1n) is 20.5. The molecule has 5 aromatic rings. The highest BCUT2D eigenvalue weighted by Crippen LogP contribution is 2.42. The van der Waals surface area contributed by atoms with E-state index in [1.54, 1.807) is 31.3 Å². The van der Waals surface area contributed by atoms with Gasteiger partial charge in [0.05, 0.1) is 33.6 Å². The fourth-order valence-corrected chi connectivity index (χ4v) is 10.3. The largest absolute Gasteiger partial charge is 0.368 e. The Hall–Kier alpha value is -6.01. The highest BCUT2D eigenvalue weighted by molar-refractivity contribution is 7.92. The number of sulfonamides is 1. The molecule has 15 nitrogen and oxygen atoms in total. The van der Waals surface area contributed by atoms with Crippen molar-refractivity contribution < 1.29 is 27.2 Å². The van der Waals surface area contributed by atoms with Crippen LogP contribution in [0.4, 0.5) is 27.5 Å². The number of nitrogens with two attached hydrogens (primary N) is 1. The first kappa shape index (κ1) is 41.7. The van der Waals surface area contributed by atoms with Crippen molar-refractivity contribution in [3.05, 3.63) is 84.4 Å². The standard InChI is InChI=1S/C43H47FN10O5S2/c1-2-24-61(58,59)51-33-5-3-4-32(38(33)44)39-40(34-14-17-46-43(45)48-34)60-42(50-39)28-6-9-30(10-7-28)52-20-22-54(23-21-52)37(56)25-27-15-18-53(19-16-27)35-12-8-29(26-47-35)31-11-13-36(55)49-41(31)57/h3-10,12,14,17,26-27,31,51H,2,11,13,15-16,18-25H2,1H3,(H2,45,46,48)(H,49,55,57)/t31-/m1/s1. The van der Waals surface area contributed by atoms with Gasteiger partial charge in [-0.1, -0.05) is 19.1 Å². The number of thiazole rings is 1. The van der Waals surface area contributed by atoms with Crippen LogP contribution in [0.15, 0.2) is 73.1 Å². The van der Waals surface area contributed by atoms with Crippen LogP contribution < -0.4 is 25.6 Å². The summed E-state index contributed by atoms with van der Waals surface area (Å²) in [6.45, 7) is 6.00. The van der Waals surface area contributed by atoms with Crippen molar-refractivity contribution in [1.29, 1.82) is 0 Å². The lowest BCUT2D eigenvalue weighted by atomic mass is 9.91. The van der Waals surface area contributed by atoms with Gasteiger partial charge in [0, 0.05) is 81.3 Å². The van der Waals surface area contributed by atoms with Crippen LogP contribution >= 0.6 is 11.3 Å². The minimum Gasteiger partial charge on any atom is -0.368 e. The number of pyridine rings is 1. The highest BCUT2D eigenvalue weighted by atomic mass is 32.2. The number of carbonyl (C=O) groups excluding carboxylic acids is 3. The lowest BCUT2D eigenvalue weighted by Gasteiger charge is -2.38. The molecule has 3 aliphatic rings. The number of anilines is 4. The number of carbonyl (C=O) groups is 3. The first-order valence-corrected chi connectivity index (χ1v) is 23.0. The van der Waals surface area contributed by atoms with Crippen molar-refractivity contribution in [1.82, 2.24) is 30.2 Å². The third-order valence-corrected chi connectivity index (χ3v) is 14.1. The first-order chi connectivity index (χ1) is 29.4. The van der Waals surface area contributed by atoms with Crippen molar-refractivity contribution in [2.45, 2.75) is 51.4 Å². The summed E-state index contributed by atoms with van der Waals surface area (Å²) in [6.07, 6.45) is 6.78. The van der Waals surface area contributed by atoms with Gasteiger partial charge in [-0.25, -0.2) is 32.7 Å². The van der Waals surface area contributed by atoms with Crippen LogP contribution in [0.25, 0.3) is 32.4 Å². The Balaban J connectivity index is 0.874. The van der Waals surface area contributed by atoms with Crippen LogP contribution in [0.1, 0.15) is 56.9 Å². The summed E-state index contributed by atoms with van der Waals surface area (Å²) in [5.41, 5.74) is 9.29. The number of benzene rings is 2. The van der Waals surface area contributed by atoms with E-state index in [4.69, 9.17) is 10.7 Å². The fraction of sp³-hybridized carbons (Fsp3) is 0.372. The van der Waals surface area contributed by atoms with Crippen molar-refractivity contribution in [3.63, 3.8) is 0 Å². The number of amides is 3. The third-order valence-electron chi connectivity index (χ3n) is 11.5. The molecule has 4 N–H and O–H groups in total. The van der Waals surface area contributed by atoms with Crippen LogP contribution in [-0.2, 0) is 24.4 Å². The van der Waals surface area contributed by atoms with E-state index in [9.17, 15) is 22.8 Å². The summed E-state index contributed by atoms with van der Waals surface area (Å²) in [7, 11) is -3.74. The number of aromatic nitrogens is 4. The smallest absolute Gasteiger partial charge is 0.234 e. The van der Waals surface area contributed by atoms with E-state index >= 15 is 4.39 Å². The number of imide groups is 1. The molecule has 3 aromatic heterocycles. The average Bonchev–Trinajstić information content (AvgIpc) is 3.70. The number of rotatable bonds is 12. The molecule has 18 heteroatoms. The Morgan fingerprint density at radius 3 is 2.39 bits per heavy atom. The van der Waals surface area contributed by atoms with E-state index in [0.29, 0.717) is 79.1 Å². The van der Waals surface area contributed by atoms with Crippen LogP contribution in [0, 0.1) is 11.7 Å². The third kappa shape index (κ3) is 9.49. The fourth-order valence-electron chi connectivity index (χ4n) is 8.15. The van der Waals surface area contributed by atoms with Gasteiger partial charge in [0.2, 0.25) is 33.7 Å². The van der Waals surface area contributed by atoms with Crippen LogP contribution in [0.5, 0.6) is 0 Å². The lowest BCUT2D eigenvalue weighted by molar-refractivity contribution is -0.134. The van der Waals surface area contributed by atoms with E-state index < -0.39 is 15.8 Å². The van der Waals surface area contributed by atoms with E-state index in [-0.39, 0.29) is 46.6 Å². The van der Waals surface area contributed by atoms with Crippen molar-refractivity contribution in [2.75, 3.05) is 65.3 Å². The molecule has 0 spiro atoms. The lowest BCUT2D eigenvalue weighted by Crippen LogP contribution is -2.49. The maximum absolute atomic E-state index is 16.0. The zero-order valence-electron chi connectivity index (χ0n) is 33.7. The summed E-state index contributed by atoms with van der Waals surface area (Å²) in [5, 5.41) is 3.03. The summed E-state index contributed by atoms with van der Waals surface area (Å²) in [4.78, 5) is 62.1. The number of halogens is 1. The van der Waals surface area contributed by atoms with Crippen LogP contribution in [0.3, 0.4) is 0 Å². The molecule has 318 valence electrons. The van der Waals surface area contributed by atoms with Crippen molar-refractivity contribution in [2.24, 2.45) is 5.92 Å². The van der Waals surface area contributed by atoms with Gasteiger partial charge < -0.3 is 20.4 Å². The molecule has 0 saturated carbocycles. The summed E-state index contributed by atoms with van der Waals surface area (Å²) in [5.74, 6) is -0.346. The molecule has 0 unspecified atom stereocenters. The average molecular weight is 867 g/mol.